The Morgan fingerprint density at radius 1 is 1.33 bits per heavy atom. The third-order valence-corrected chi connectivity index (χ3v) is 6.60. The second-order valence-electron chi connectivity index (χ2n) is 8.85. The molecule has 2 fully saturated rings. The number of carbonyl (C=O) groups is 1. The third kappa shape index (κ3) is 4.14. The van der Waals surface area contributed by atoms with Gasteiger partial charge >= 0.3 is 0 Å². The number of nitrogens with zero attached hydrogens (tertiary/aromatic N) is 4. The zero-order chi connectivity index (χ0) is 21.1. The van der Waals surface area contributed by atoms with Crippen LogP contribution >= 0.6 is 0 Å². The van der Waals surface area contributed by atoms with Gasteiger partial charge < -0.3 is 14.2 Å². The number of ether oxygens (including phenoxy) is 1. The molecule has 2 aromatic heterocycles. The van der Waals surface area contributed by atoms with Crippen molar-refractivity contribution >= 4 is 5.91 Å². The van der Waals surface area contributed by atoms with Gasteiger partial charge in [-0.3, -0.25) is 14.7 Å². The highest BCUT2D eigenvalue weighted by molar-refractivity contribution is 5.97. The van der Waals surface area contributed by atoms with Gasteiger partial charge in [-0.05, 0) is 63.4 Å². The number of likely N-dealkylation sites (N-methyl/N-ethyl adjacent to an activating group) is 1. The van der Waals surface area contributed by atoms with Gasteiger partial charge in [-0.1, -0.05) is 12.1 Å². The Labute approximate surface area is 178 Å². The summed E-state index contributed by atoms with van der Waals surface area (Å²) in [4.78, 5) is 21.6. The van der Waals surface area contributed by atoms with E-state index in [0.717, 1.165) is 63.2 Å². The van der Waals surface area contributed by atoms with Gasteiger partial charge in [-0.25, -0.2) is 0 Å². The molecule has 1 atom stereocenters. The Balaban J connectivity index is 1.33. The van der Waals surface area contributed by atoms with Crippen molar-refractivity contribution in [1.82, 2.24) is 19.9 Å². The molecule has 7 heteroatoms. The van der Waals surface area contributed by atoms with E-state index in [1.54, 1.807) is 12.4 Å². The number of hydrogen-bond acceptors (Lipinski definition) is 6. The van der Waals surface area contributed by atoms with E-state index in [1.165, 1.54) is 0 Å². The molecule has 2 aliphatic heterocycles. The number of aromatic nitrogens is 2. The highest BCUT2D eigenvalue weighted by Crippen LogP contribution is 2.39. The van der Waals surface area contributed by atoms with E-state index in [-0.39, 0.29) is 11.4 Å². The molecule has 1 amide bonds. The fraction of sp³-hybridized carbons (Fsp3) is 0.609. The molecule has 4 rings (SSSR count). The van der Waals surface area contributed by atoms with Gasteiger partial charge in [0, 0.05) is 38.5 Å². The molecule has 0 bridgehead atoms. The van der Waals surface area contributed by atoms with E-state index in [2.05, 4.69) is 29.0 Å². The minimum atomic E-state index is 0.0623. The van der Waals surface area contributed by atoms with Gasteiger partial charge in [0.15, 0.2) is 0 Å². The van der Waals surface area contributed by atoms with Crippen molar-refractivity contribution < 1.29 is 14.1 Å². The quantitative estimate of drug-likeness (QED) is 0.696. The number of carbonyl (C=O) groups excluding carboxylic acids is 1. The maximum Gasteiger partial charge on any atom is 0.259 e. The van der Waals surface area contributed by atoms with Crippen LogP contribution in [0.4, 0.5) is 0 Å². The number of hydrogen-bond donors (Lipinski definition) is 0. The third-order valence-electron chi connectivity index (χ3n) is 6.60. The van der Waals surface area contributed by atoms with Crippen LogP contribution in [0.5, 0.6) is 0 Å². The number of likely N-dealkylation sites (tertiary alicyclic amines) is 2. The monoisotopic (exact) mass is 412 g/mol. The second kappa shape index (κ2) is 8.86. The first-order chi connectivity index (χ1) is 14.5. The molecular weight excluding hydrogens is 380 g/mol. The van der Waals surface area contributed by atoms with Crippen molar-refractivity contribution in [2.75, 3.05) is 33.3 Å². The molecule has 0 N–H and O–H groups in total. The Kier molecular flexibility index (Phi) is 6.20. The van der Waals surface area contributed by atoms with Crippen LogP contribution in [0.2, 0.25) is 0 Å². The molecular formula is C23H32N4O3. The lowest BCUT2D eigenvalue weighted by atomic mass is 9.75. The molecule has 0 aliphatic carbocycles. The van der Waals surface area contributed by atoms with Crippen molar-refractivity contribution in [2.24, 2.45) is 5.92 Å². The fourth-order valence-corrected chi connectivity index (χ4v) is 4.80. The summed E-state index contributed by atoms with van der Waals surface area (Å²) in [6, 6.07) is 3.98. The van der Waals surface area contributed by atoms with Gasteiger partial charge in [0.25, 0.3) is 5.91 Å². The summed E-state index contributed by atoms with van der Waals surface area (Å²) in [5, 5.41) is 4.03. The summed E-state index contributed by atoms with van der Waals surface area (Å²) in [5.41, 5.74) is 2.58. The molecule has 2 aliphatic rings. The lowest BCUT2D eigenvalue weighted by Gasteiger charge is -2.58. The van der Waals surface area contributed by atoms with Gasteiger partial charge in [0.2, 0.25) is 0 Å². The Morgan fingerprint density at radius 3 is 2.83 bits per heavy atom. The van der Waals surface area contributed by atoms with Crippen LogP contribution in [0, 0.1) is 12.8 Å². The van der Waals surface area contributed by atoms with E-state index < -0.39 is 0 Å². The molecule has 30 heavy (non-hydrogen) atoms. The van der Waals surface area contributed by atoms with E-state index in [1.807, 2.05) is 24.0 Å². The Bertz CT molecular complexity index is 861. The van der Waals surface area contributed by atoms with Crippen molar-refractivity contribution in [2.45, 2.75) is 51.7 Å². The first kappa shape index (κ1) is 21.0. The maximum atomic E-state index is 13.1. The molecule has 7 nitrogen and oxygen atoms in total. The SMILES string of the molecule is CCCc1onc(C)c1C(=O)N1CC2(CC(COCc3ccncc3)CCN2C)C1. The minimum Gasteiger partial charge on any atom is -0.376 e. The minimum absolute atomic E-state index is 0.0623. The molecule has 0 saturated carbocycles. The highest BCUT2D eigenvalue weighted by atomic mass is 16.5. The molecule has 162 valence electrons. The molecule has 1 unspecified atom stereocenters. The molecule has 0 aromatic carbocycles. The molecule has 2 saturated heterocycles. The molecule has 4 heterocycles. The van der Waals surface area contributed by atoms with Crippen LogP contribution in [0.3, 0.4) is 0 Å². The molecule has 0 radical (unpaired) electrons. The van der Waals surface area contributed by atoms with Crippen LogP contribution in [-0.4, -0.2) is 64.7 Å². The highest BCUT2D eigenvalue weighted by Gasteiger charge is 2.51. The number of piperidine rings is 1. The normalized spacial score (nSPS) is 21.0. The van der Waals surface area contributed by atoms with Crippen molar-refractivity contribution in [1.29, 1.82) is 0 Å². The van der Waals surface area contributed by atoms with Crippen LogP contribution in [0.15, 0.2) is 29.0 Å². The van der Waals surface area contributed by atoms with Crippen LogP contribution in [0.1, 0.15) is 53.6 Å². The van der Waals surface area contributed by atoms with Gasteiger partial charge in [0.05, 0.1) is 17.8 Å². The van der Waals surface area contributed by atoms with E-state index in [9.17, 15) is 4.79 Å². The summed E-state index contributed by atoms with van der Waals surface area (Å²) in [7, 11) is 2.18. The lowest BCUT2D eigenvalue weighted by molar-refractivity contribution is -0.0768. The van der Waals surface area contributed by atoms with Crippen LogP contribution < -0.4 is 0 Å². The summed E-state index contributed by atoms with van der Waals surface area (Å²) >= 11 is 0. The molecule has 1 spiro atoms. The lowest BCUT2D eigenvalue weighted by Crippen LogP contribution is -2.72. The van der Waals surface area contributed by atoms with Gasteiger partial charge in [0.1, 0.15) is 11.3 Å². The smallest absolute Gasteiger partial charge is 0.259 e. The van der Waals surface area contributed by atoms with Gasteiger partial charge in [-0.2, -0.15) is 0 Å². The standard InChI is InChI=1S/C23H32N4O3/c1-4-5-20-21(17(2)25-30-20)22(28)27-15-23(16-27)12-19(8-11-26(23)3)14-29-13-18-6-9-24-10-7-18/h6-7,9-10,19H,4-5,8,11-16H2,1-3H3. The topological polar surface area (TPSA) is 71.7 Å². The average molecular weight is 413 g/mol. The predicted molar refractivity (Wildman–Crippen MR) is 113 cm³/mol. The van der Waals surface area contributed by atoms with Crippen LogP contribution in [0.25, 0.3) is 0 Å². The molecule has 2 aromatic rings. The van der Waals surface area contributed by atoms with Crippen LogP contribution in [-0.2, 0) is 17.8 Å². The summed E-state index contributed by atoms with van der Waals surface area (Å²) < 4.78 is 11.4. The number of rotatable bonds is 7. The zero-order valence-corrected chi connectivity index (χ0v) is 18.3. The second-order valence-corrected chi connectivity index (χ2v) is 8.85. The van der Waals surface area contributed by atoms with E-state index in [4.69, 9.17) is 9.26 Å². The Hall–Kier alpha value is -2.25. The van der Waals surface area contributed by atoms with Crippen molar-refractivity contribution in [3.8, 4) is 0 Å². The Morgan fingerprint density at radius 2 is 2.10 bits per heavy atom. The van der Waals surface area contributed by atoms with Crippen molar-refractivity contribution in [3.63, 3.8) is 0 Å². The fourth-order valence-electron chi connectivity index (χ4n) is 4.80. The number of amides is 1. The first-order valence-electron chi connectivity index (χ1n) is 10.9. The maximum absolute atomic E-state index is 13.1. The number of aryl methyl sites for hydroxylation is 2. The van der Waals surface area contributed by atoms with Crippen molar-refractivity contribution in [3.05, 3.63) is 47.1 Å². The predicted octanol–water partition coefficient (Wildman–Crippen LogP) is 3.08. The summed E-state index contributed by atoms with van der Waals surface area (Å²) in [6.07, 6.45) is 7.47. The summed E-state index contributed by atoms with van der Waals surface area (Å²) in [5.74, 6) is 1.31. The average Bonchev–Trinajstić information content (AvgIpc) is 3.08. The van der Waals surface area contributed by atoms with E-state index >= 15 is 0 Å². The summed E-state index contributed by atoms with van der Waals surface area (Å²) in [6.45, 7) is 7.89. The zero-order valence-electron chi connectivity index (χ0n) is 18.3. The van der Waals surface area contributed by atoms with Gasteiger partial charge in [-0.15, -0.1) is 0 Å². The largest absolute Gasteiger partial charge is 0.376 e. The number of pyridine rings is 1. The first-order valence-corrected chi connectivity index (χ1v) is 10.9. The van der Waals surface area contributed by atoms with E-state index in [0.29, 0.717) is 23.8 Å².